The summed E-state index contributed by atoms with van der Waals surface area (Å²) in [5.41, 5.74) is 0.706. The highest BCUT2D eigenvalue weighted by atomic mass is 32.1. The van der Waals surface area contributed by atoms with Gasteiger partial charge in [0.2, 0.25) is 17.7 Å². The third-order valence-corrected chi connectivity index (χ3v) is 6.56. The highest BCUT2D eigenvalue weighted by molar-refractivity contribution is 7.14. The van der Waals surface area contributed by atoms with Crippen LogP contribution < -0.4 is 10.2 Å². The molecule has 160 valence electrons. The second-order valence-corrected chi connectivity index (χ2v) is 8.81. The molecule has 2 aliphatic heterocycles. The summed E-state index contributed by atoms with van der Waals surface area (Å²) in [7, 11) is 0. The molecule has 7 nitrogen and oxygen atoms in total. The van der Waals surface area contributed by atoms with E-state index in [4.69, 9.17) is 0 Å². The van der Waals surface area contributed by atoms with Crippen molar-refractivity contribution < 1.29 is 14.4 Å². The summed E-state index contributed by atoms with van der Waals surface area (Å²) in [5.74, 6) is 0.0708. The number of nitrogens with one attached hydrogen (secondary N) is 1. The number of anilines is 1. The quantitative estimate of drug-likeness (QED) is 0.623. The summed E-state index contributed by atoms with van der Waals surface area (Å²) in [6.07, 6.45) is 7.89. The van der Waals surface area contributed by atoms with Gasteiger partial charge in [-0.15, -0.1) is 11.3 Å². The monoisotopic (exact) mass is 420 g/mol. The number of carbonyl (C=O) groups is 3. The molecule has 0 radical (unpaired) electrons. The van der Waals surface area contributed by atoms with Crippen molar-refractivity contribution in [3.63, 3.8) is 0 Å². The number of thiazole rings is 1. The van der Waals surface area contributed by atoms with Crippen molar-refractivity contribution >= 4 is 34.2 Å². The first-order valence-electron chi connectivity index (χ1n) is 10.9. The van der Waals surface area contributed by atoms with Gasteiger partial charge in [0, 0.05) is 38.0 Å². The molecule has 1 aromatic rings. The molecule has 1 atom stereocenters. The topological polar surface area (TPSA) is 82.6 Å². The fourth-order valence-corrected chi connectivity index (χ4v) is 4.81. The number of hydrogen-bond donors (Lipinski definition) is 1. The number of aromatic nitrogens is 1. The number of unbranched alkanes of at least 4 members (excludes halogenated alkanes) is 3. The Labute approximate surface area is 176 Å². The van der Waals surface area contributed by atoms with E-state index < -0.39 is 0 Å². The highest BCUT2D eigenvalue weighted by Crippen LogP contribution is 2.26. The Hall–Kier alpha value is -1.96. The van der Waals surface area contributed by atoms with E-state index in [1.54, 1.807) is 9.80 Å². The Morgan fingerprint density at radius 1 is 1.24 bits per heavy atom. The summed E-state index contributed by atoms with van der Waals surface area (Å²) in [6.45, 7) is 4.79. The summed E-state index contributed by atoms with van der Waals surface area (Å²) >= 11 is 1.42. The number of likely N-dealkylation sites (tertiary alicyclic amines) is 1. The van der Waals surface area contributed by atoms with Gasteiger partial charge >= 0.3 is 0 Å². The average molecular weight is 421 g/mol. The van der Waals surface area contributed by atoms with Gasteiger partial charge in [-0.05, 0) is 25.7 Å². The van der Waals surface area contributed by atoms with Gasteiger partial charge in [0.25, 0.3) is 0 Å². The van der Waals surface area contributed by atoms with Crippen LogP contribution >= 0.6 is 11.3 Å². The first-order valence-corrected chi connectivity index (χ1v) is 11.8. The molecule has 0 bridgehead atoms. The van der Waals surface area contributed by atoms with Crippen molar-refractivity contribution in [2.75, 3.05) is 31.1 Å². The molecule has 2 aliphatic rings. The third kappa shape index (κ3) is 6.01. The standard InChI is InChI=1S/C21H32N4O3S/c1-2-3-4-5-10-22-20(28)16-8-6-11-24(14-16)19(27)13-17-15-29-21(23-17)25-12-7-9-18(25)26/h15-16H,2-14H2,1H3,(H,22,28). The minimum Gasteiger partial charge on any atom is -0.356 e. The molecular formula is C21H32N4O3S. The Morgan fingerprint density at radius 3 is 2.86 bits per heavy atom. The molecule has 1 N–H and O–H groups in total. The maximum atomic E-state index is 12.7. The minimum absolute atomic E-state index is 0.00930. The van der Waals surface area contributed by atoms with Crippen molar-refractivity contribution in [3.05, 3.63) is 11.1 Å². The van der Waals surface area contributed by atoms with Crippen LogP contribution in [0.1, 0.15) is 64.0 Å². The fourth-order valence-electron chi connectivity index (χ4n) is 3.94. The van der Waals surface area contributed by atoms with E-state index in [0.29, 0.717) is 36.9 Å². The van der Waals surface area contributed by atoms with E-state index in [0.717, 1.165) is 38.6 Å². The molecule has 8 heteroatoms. The normalized spacial score (nSPS) is 19.6. The lowest BCUT2D eigenvalue weighted by atomic mass is 9.96. The lowest BCUT2D eigenvalue weighted by Gasteiger charge is -2.32. The molecule has 0 aliphatic carbocycles. The van der Waals surface area contributed by atoms with Crippen molar-refractivity contribution in [3.8, 4) is 0 Å². The first-order chi connectivity index (χ1) is 14.1. The molecule has 3 rings (SSSR count). The number of nitrogens with zero attached hydrogens (tertiary/aromatic N) is 3. The van der Waals surface area contributed by atoms with E-state index in [-0.39, 0.29) is 30.1 Å². The van der Waals surface area contributed by atoms with Crippen molar-refractivity contribution in [2.24, 2.45) is 5.92 Å². The average Bonchev–Trinajstić information content (AvgIpc) is 3.36. The molecule has 2 saturated heterocycles. The van der Waals surface area contributed by atoms with E-state index in [1.807, 2.05) is 5.38 Å². The molecule has 29 heavy (non-hydrogen) atoms. The summed E-state index contributed by atoms with van der Waals surface area (Å²) in [4.78, 5) is 45.0. The van der Waals surface area contributed by atoms with Crippen molar-refractivity contribution in [2.45, 2.75) is 64.7 Å². The van der Waals surface area contributed by atoms with Crippen LogP contribution in [0.5, 0.6) is 0 Å². The minimum atomic E-state index is -0.118. The molecule has 0 aromatic carbocycles. The smallest absolute Gasteiger partial charge is 0.228 e. The first kappa shape index (κ1) is 21.7. The fraction of sp³-hybridized carbons (Fsp3) is 0.714. The van der Waals surface area contributed by atoms with Gasteiger partial charge in [0.05, 0.1) is 18.0 Å². The highest BCUT2D eigenvalue weighted by Gasteiger charge is 2.29. The third-order valence-electron chi connectivity index (χ3n) is 5.65. The van der Waals surface area contributed by atoms with Crippen LogP contribution in [0.25, 0.3) is 0 Å². The number of hydrogen-bond acceptors (Lipinski definition) is 5. The summed E-state index contributed by atoms with van der Waals surface area (Å²) in [5, 5.41) is 5.59. The van der Waals surface area contributed by atoms with E-state index in [2.05, 4.69) is 17.2 Å². The summed E-state index contributed by atoms with van der Waals surface area (Å²) in [6, 6.07) is 0. The maximum Gasteiger partial charge on any atom is 0.228 e. The van der Waals surface area contributed by atoms with Gasteiger partial charge in [-0.25, -0.2) is 4.98 Å². The number of carbonyl (C=O) groups excluding carboxylic acids is 3. The van der Waals surface area contributed by atoms with E-state index in [9.17, 15) is 14.4 Å². The van der Waals surface area contributed by atoms with Gasteiger partial charge in [-0.1, -0.05) is 26.2 Å². The predicted octanol–water partition coefficient (Wildman–Crippen LogP) is 2.75. The molecule has 2 fully saturated rings. The van der Waals surface area contributed by atoms with Crippen LogP contribution in [0.2, 0.25) is 0 Å². The zero-order valence-corrected chi connectivity index (χ0v) is 18.1. The second kappa shape index (κ2) is 10.7. The zero-order chi connectivity index (χ0) is 20.6. The molecule has 1 aromatic heterocycles. The molecule has 3 heterocycles. The van der Waals surface area contributed by atoms with Crippen LogP contribution in [-0.4, -0.2) is 53.8 Å². The molecule has 1 unspecified atom stereocenters. The Balaban J connectivity index is 1.46. The Kier molecular flexibility index (Phi) is 8.03. The lowest BCUT2D eigenvalue weighted by Crippen LogP contribution is -2.46. The van der Waals surface area contributed by atoms with Crippen LogP contribution in [0.3, 0.4) is 0 Å². The summed E-state index contributed by atoms with van der Waals surface area (Å²) < 4.78 is 0. The molecule has 3 amide bonds. The van der Waals surface area contributed by atoms with Crippen LogP contribution in [0, 0.1) is 5.92 Å². The van der Waals surface area contributed by atoms with Crippen molar-refractivity contribution in [1.82, 2.24) is 15.2 Å². The van der Waals surface area contributed by atoms with Crippen LogP contribution in [0.4, 0.5) is 5.13 Å². The van der Waals surface area contributed by atoms with Gasteiger partial charge in [-0.3, -0.25) is 19.3 Å². The largest absolute Gasteiger partial charge is 0.356 e. The van der Waals surface area contributed by atoms with E-state index >= 15 is 0 Å². The second-order valence-electron chi connectivity index (χ2n) is 7.98. The zero-order valence-electron chi connectivity index (χ0n) is 17.3. The molecule has 0 saturated carbocycles. The number of rotatable bonds is 9. The van der Waals surface area contributed by atoms with Crippen LogP contribution in [-0.2, 0) is 20.8 Å². The maximum absolute atomic E-state index is 12.7. The van der Waals surface area contributed by atoms with Gasteiger partial charge < -0.3 is 10.2 Å². The predicted molar refractivity (Wildman–Crippen MR) is 114 cm³/mol. The van der Waals surface area contributed by atoms with Gasteiger partial charge in [0.15, 0.2) is 5.13 Å². The van der Waals surface area contributed by atoms with Gasteiger partial charge in [-0.2, -0.15) is 0 Å². The van der Waals surface area contributed by atoms with E-state index in [1.165, 1.54) is 24.2 Å². The SMILES string of the molecule is CCCCCCNC(=O)C1CCCN(C(=O)Cc2csc(N3CCCC3=O)n2)C1. The molecular weight excluding hydrogens is 388 g/mol. The number of amides is 3. The lowest BCUT2D eigenvalue weighted by molar-refractivity contribution is -0.135. The Bertz CT molecular complexity index is 721. The Morgan fingerprint density at radius 2 is 2.10 bits per heavy atom. The van der Waals surface area contributed by atoms with Crippen LogP contribution in [0.15, 0.2) is 5.38 Å². The van der Waals surface area contributed by atoms with Gasteiger partial charge in [0.1, 0.15) is 0 Å². The number of piperidine rings is 1. The van der Waals surface area contributed by atoms with Crippen molar-refractivity contribution in [1.29, 1.82) is 0 Å². The molecule has 0 spiro atoms.